The maximum Gasteiger partial charge on any atom is 0.306 e. The van der Waals surface area contributed by atoms with E-state index in [0.29, 0.717) is 19.3 Å². The SMILES string of the molecule is O=C(NC1CCC(C(=O)O)C1)c1cccc(F)c1. The Morgan fingerprint density at radius 1 is 1.33 bits per heavy atom. The van der Waals surface area contributed by atoms with Crippen LogP contribution >= 0.6 is 0 Å². The molecule has 1 aliphatic rings. The fourth-order valence-corrected chi connectivity index (χ4v) is 2.24. The van der Waals surface area contributed by atoms with Crippen LogP contribution in [0.15, 0.2) is 24.3 Å². The zero-order valence-corrected chi connectivity index (χ0v) is 9.73. The fourth-order valence-electron chi connectivity index (χ4n) is 2.24. The molecule has 1 amide bonds. The van der Waals surface area contributed by atoms with Gasteiger partial charge in [-0.15, -0.1) is 0 Å². The molecule has 4 nitrogen and oxygen atoms in total. The number of carboxylic acid groups (broad SMARTS) is 1. The van der Waals surface area contributed by atoms with Gasteiger partial charge in [0.25, 0.3) is 5.91 Å². The first-order valence-corrected chi connectivity index (χ1v) is 5.85. The second-order valence-electron chi connectivity index (χ2n) is 4.53. The third-order valence-corrected chi connectivity index (χ3v) is 3.20. The molecule has 0 saturated heterocycles. The molecule has 0 aliphatic heterocycles. The Labute approximate surface area is 104 Å². The first-order valence-electron chi connectivity index (χ1n) is 5.85. The summed E-state index contributed by atoms with van der Waals surface area (Å²) in [6.45, 7) is 0. The van der Waals surface area contributed by atoms with Crippen LogP contribution in [0.3, 0.4) is 0 Å². The Hall–Kier alpha value is -1.91. The van der Waals surface area contributed by atoms with Crippen molar-refractivity contribution in [3.8, 4) is 0 Å². The van der Waals surface area contributed by atoms with E-state index in [0.717, 1.165) is 0 Å². The van der Waals surface area contributed by atoms with Crippen LogP contribution in [-0.2, 0) is 4.79 Å². The predicted molar refractivity (Wildman–Crippen MR) is 62.6 cm³/mol. The summed E-state index contributed by atoms with van der Waals surface area (Å²) in [4.78, 5) is 22.6. The molecule has 2 N–H and O–H groups in total. The van der Waals surface area contributed by atoms with Crippen molar-refractivity contribution in [2.75, 3.05) is 0 Å². The molecule has 0 heterocycles. The average Bonchev–Trinajstić information content (AvgIpc) is 2.77. The van der Waals surface area contributed by atoms with Crippen LogP contribution in [0.25, 0.3) is 0 Å². The number of hydrogen-bond acceptors (Lipinski definition) is 2. The number of carboxylic acids is 1. The van der Waals surface area contributed by atoms with E-state index in [1.807, 2.05) is 0 Å². The third kappa shape index (κ3) is 2.85. The highest BCUT2D eigenvalue weighted by Crippen LogP contribution is 2.25. The van der Waals surface area contributed by atoms with Gasteiger partial charge in [-0.1, -0.05) is 6.07 Å². The monoisotopic (exact) mass is 251 g/mol. The van der Waals surface area contributed by atoms with Crippen LogP contribution < -0.4 is 5.32 Å². The van der Waals surface area contributed by atoms with E-state index in [-0.39, 0.29) is 23.4 Å². The summed E-state index contributed by atoms with van der Waals surface area (Å²) in [5, 5.41) is 11.6. The van der Waals surface area contributed by atoms with Gasteiger partial charge in [0.15, 0.2) is 0 Å². The van der Waals surface area contributed by atoms with Crippen molar-refractivity contribution >= 4 is 11.9 Å². The maximum absolute atomic E-state index is 13.0. The highest BCUT2D eigenvalue weighted by Gasteiger charge is 2.30. The molecule has 0 aromatic heterocycles. The number of rotatable bonds is 3. The number of amides is 1. The van der Waals surface area contributed by atoms with Crippen LogP contribution in [0.5, 0.6) is 0 Å². The van der Waals surface area contributed by atoms with E-state index in [4.69, 9.17) is 5.11 Å². The van der Waals surface area contributed by atoms with Crippen LogP contribution in [0.2, 0.25) is 0 Å². The molecule has 2 rings (SSSR count). The van der Waals surface area contributed by atoms with Crippen molar-refractivity contribution in [2.24, 2.45) is 5.92 Å². The van der Waals surface area contributed by atoms with E-state index in [2.05, 4.69) is 5.32 Å². The number of hydrogen-bond donors (Lipinski definition) is 2. The van der Waals surface area contributed by atoms with Gasteiger partial charge in [-0.3, -0.25) is 9.59 Å². The van der Waals surface area contributed by atoms with E-state index < -0.39 is 11.8 Å². The van der Waals surface area contributed by atoms with Crippen molar-refractivity contribution in [2.45, 2.75) is 25.3 Å². The summed E-state index contributed by atoms with van der Waals surface area (Å²) in [5.41, 5.74) is 0.258. The van der Waals surface area contributed by atoms with Gasteiger partial charge in [0.1, 0.15) is 5.82 Å². The Morgan fingerprint density at radius 2 is 2.11 bits per heavy atom. The molecular weight excluding hydrogens is 237 g/mol. The number of aliphatic carboxylic acids is 1. The first kappa shape index (κ1) is 12.5. The molecular formula is C13H14FNO3. The summed E-state index contributed by atoms with van der Waals surface area (Å²) in [6, 6.07) is 5.30. The van der Waals surface area contributed by atoms with Crippen molar-refractivity contribution in [3.05, 3.63) is 35.6 Å². The Kier molecular flexibility index (Phi) is 3.60. The van der Waals surface area contributed by atoms with Crippen molar-refractivity contribution < 1.29 is 19.1 Å². The number of nitrogens with one attached hydrogen (secondary N) is 1. The van der Waals surface area contributed by atoms with E-state index in [1.54, 1.807) is 0 Å². The minimum Gasteiger partial charge on any atom is -0.481 e. The summed E-state index contributed by atoms with van der Waals surface area (Å²) < 4.78 is 13.0. The van der Waals surface area contributed by atoms with Crippen LogP contribution in [0.1, 0.15) is 29.6 Å². The average molecular weight is 251 g/mol. The lowest BCUT2D eigenvalue weighted by atomic mass is 10.1. The van der Waals surface area contributed by atoms with Crippen molar-refractivity contribution in [3.63, 3.8) is 0 Å². The molecule has 2 unspecified atom stereocenters. The van der Waals surface area contributed by atoms with Crippen LogP contribution in [0, 0.1) is 11.7 Å². The highest BCUT2D eigenvalue weighted by molar-refractivity contribution is 5.94. The molecule has 0 bridgehead atoms. The number of carbonyl (C=O) groups is 2. The maximum atomic E-state index is 13.0. The predicted octanol–water partition coefficient (Wildman–Crippen LogP) is 1.81. The van der Waals surface area contributed by atoms with Gasteiger partial charge in [-0.25, -0.2) is 4.39 Å². The molecule has 96 valence electrons. The second-order valence-corrected chi connectivity index (χ2v) is 4.53. The standard InChI is InChI=1S/C13H14FNO3/c14-10-3-1-2-8(6-10)12(16)15-11-5-4-9(7-11)13(17)18/h1-3,6,9,11H,4-5,7H2,(H,15,16)(H,17,18). The summed E-state index contributed by atoms with van der Waals surface area (Å²) in [7, 11) is 0. The van der Waals surface area contributed by atoms with Gasteiger partial charge in [-0.05, 0) is 37.5 Å². The Morgan fingerprint density at radius 3 is 2.72 bits per heavy atom. The largest absolute Gasteiger partial charge is 0.481 e. The molecule has 5 heteroatoms. The van der Waals surface area contributed by atoms with Gasteiger partial charge in [0.2, 0.25) is 0 Å². The van der Waals surface area contributed by atoms with E-state index in [1.165, 1.54) is 24.3 Å². The highest BCUT2D eigenvalue weighted by atomic mass is 19.1. The van der Waals surface area contributed by atoms with Crippen LogP contribution in [-0.4, -0.2) is 23.0 Å². The first-order chi connectivity index (χ1) is 8.56. The molecule has 18 heavy (non-hydrogen) atoms. The summed E-state index contributed by atoms with van der Waals surface area (Å²) >= 11 is 0. The lowest BCUT2D eigenvalue weighted by Gasteiger charge is -2.12. The van der Waals surface area contributed by atoms with E-state index in [9.17, 15) is 14.0 Å². The van der Waals surface area contributed by atoms with Gasteiger partial charge in [-0.2, -0.15) is 0 Å². The summed E-state index contributed by atoms with van der Waals surface area (Å²) in [5.74, 6) is -2.02. The minimum absolute atomic E-state index is 0.137. The third-order valence-electron chi connectivity index (χ3n) is 3.20. The Balaban J connectivity index is 1.95. The lowest BCUT2D eigenvalue weighted by Crippen LogP contribution is -2.33. The molecule has 0 radical (unpaired) electrons. The topological polar surface area (TPSA) is 66.4 Å². The zero-order valence-electron chi connectivity index (χ0n) is 9.73. The molecule has 1 aliphatic carbocycles. The molecule has 1 fully saturated rings. The second kappa shape index (κ2) is 5.16. The van der Waals surface area contributed by atoms with Crippen LogP contribution in [0.4, 0.5) is 4.39 Å². The van der Waals surface area contributed by atoms with Crippen molar-refractivity contribution in [1.82, 2.24) is 5.32 Å². The quantitative estimate of drug-likeness (QED) is 0.861. The smallest absolute Gasteiger partial charge is 0.306 e. The van der Waals surface area contributed by atoms with Gasteiger partial charge >= 0.3 is 5.97 Å². The Bertz CT molecular complexity index is 475. The molecule has 1 saturated carbocycles. The molecule has 0 spiro atoms. The molecule has 1 aromatic rings. The molecule has 1 aromatic carbocycles. The number of benzene rings is 1. The fraction of sp³-hybridized carbons (Fsp3) is 0.385. The zero-order chi connectivity index (χ0) is 13.1. The summed E-state index contributed by atoms with van der Waals surface area (Å²) in [6.07, 6.45) is 1.66. The number of halogens is 1. The number of carbonyl (C=O) groups excluding carboxylic acids is 1. The molecule has 2 atom stereocenters. The minimum atomic E-state index is -0.822. The lowest BCUT2D eigenvalue weighted by molar-refractivity contribution is -0.141. The van der Waals surface area contributed by atoms with E-state index >= 15 is 0 Å². The van der Waals surface area contributed by atoms with Crippen molar-refractivity contribution in [1.29, 1.82) is 0 Å². The van der Waals surface area contributed by atoms with Gasteiger partial charge in [0, 0.05) is 11.6 Å². The van der Waals surface area contributed by atoms with Gasteiger partial charge in [0.05, 0.1) is 5.92 Å². The van der Waals surface area contributed by atoms with Gasteiger partial charge < -0.3 is 10.4 Å². The normalized spacial score (nSPS) is 22.7.